The molecule has 0 radical (unpaired) electrons. The number of aliphatic hydroxyl groups is 1. The van der Waals surface area contributed by atoms with Crippen LogP contribution in [0.5, 0.6) is 0 Å². The fraction of sp³-hybridized carbons (Fsp3) is 1.00. The highest BCUT2D eigenvalue weighted by molar-refractivity contribution is 7.99. The van der Waals surface area contributed by atoms with Crippen LogP contribution in [0.25, 0.3) is 0 Å². The molecule has 0 bridgehead atoms. The van der Waals surface area contributed by atoms with Crippen LogP contribution in [0.3, 0.4) is 0 Å². The summed E-state index contributed by atoms with van der Waals surface area (Å²) in [5.41, 5.74) is 0.207. The second kappa shape index (κ2) is 6.12. The molecule has 0 aliphatic carbocycles. The SMILES string of the molecule is CC(O)CC(C)(C)CNC1CCSCC1. The molecule has 90 valence electrons. The molecular formula is C12H25NOS. The molecule has 2 N–H and O–H groups in total. The zero-order valence-electron chi connectivity index (χ0n) is 10.3. The summed E-state index contributed by atoms with van der Waals surface area (Å²) < 4.78 is 0. The molecule has 1 rings (SSSR count). The van der Waals surface area contributed by atoms with Crippen molar-refractivity contribution in [3.05, 3.63) is 0 Å². The van der Waals surface area contributed by atoms with Crippen molar-refractivity contribution < 1.29 is 5.11 Å². The highest BCUT2D eigenvalue weighted by Crippen LogP contribution is 2.23. The first-order valence-electron chi connectivity index (χ1n) is 5.99. The van der Waals surface area contributed by atoms with E-state index in [1.807, 2.05) is 6.92 Å². The Morgan fingerprint density at radius 3 is 2.53 bits per heavy atom. The lowest BCUT2D eigenvalue weighted by molar-refractivity contribution is 0.126. The van der Waals surface area contributed by atoms with E-state index in [1.165, 1.54) is 24.3 Å². The van der Waals surface area contributed by atoms with Gasteiger partial charge in [0.2, 0.25) is 0 Å². The first kappa shape index (κ1) is 13.3. The lowest BCUT2D eigenvalue weighted by atomic mass is 9.86. The Labute approximate surface area is 98.2 Å². The van der Waals surface area contributed by atoms with E-state index in [-0.39, 0.29) is 11.5 Å². The van der Waals surface area contributed by atoms with E-state index in [2.05, 4.69) is 30.9 Å². The van der Waals surface area contributed by atoms with Crippen LogP contribution in [-0.4, -0.2) is 35.3 Å². The molecule has 0 spiro atoms. The molecule has 1 aliphatic rings. The fourth-order valence-electron chi connectivity index (χ4n) is 2.19. The Kier molecular flexibility index (Phi) is 5.44. The van der Waals surface area contributed by atoms with Gasteiger partial charge in [-0.2, -0.15) is 11.8 Å². The lowest BCUT2D eigenvalue weighted by Crippen LogP contribution is -2.40. The lowest BCUT2D eigenvalue weighted by Gasteiger charge is -2.30. The molecule has 0 saturated carbocycles. The zero-order chi connectivity index (χ0) is 11.3. The second-order valence-electron chi connectivity index (χ2n) is 5.48. The van der Waals surface area contributed by atoms with Crippen LogP contribution in [0.2, 0.25) is 0 Å². The van der Waals surface area contributed by atoms with Gasteiger partial charge < -0.3 is 10.4 Å². The molecule has 15 heavy (non-hydrogen) atoms. The molecule has 1 heterocycles. The zero-order valence-corrected chi connectivity index (χ0v) is 11.1. The summed E-state index contributed by atoms with van der Waals surface area (Å²) in [5.74, 6) is 2.60. The minimum Gasteiger partial charge on any atom is -0.393 e. The number of rotatable bonds is 5. The van der Waals surface area contributed by atoms with E-state index in [4.69, 9.17) is 0 Å². The summed E-state index contributed by atoms with van der Waals surface area (Å²) in [6.45, 7) is 7.35. The molecule has 1 unspecified atom stereocenters. The second-order valence-corrected chi connectivity index (χ2v) is 6.71. The Bertz CT molecular complexity index is 176. The molecule has 1 aliphatic heterocycles. The van der Waals surface area contributed by atoms with Gasteiger partial charge >= 0.3 is 0 Å². The highest BCUT2D eigenvalue weighted by Gasteiger charge is 2.22. The Morgan fingerprint density at radius 1 is 1.40 bits per heavy atom. The van der Waals surface area contributed by atoms with Gasteiger partial charge in [0.15, 0.2) is 0 Å². The van der Waals surface area contributed by atoms with Crippen LogP contribution < -0.4 is 5.32 Å². The molecule has 2 nitrogen and oxygen atoms in total. The number of aliphatic hydroxyl groups excluding tert-OH is 1. The van der Waals surface area contributed by atoms with Gasteiger partial charge in [-0.15, -0.1) is 0 Å². The third-order valence-corrected chi connectivity index (χ3v) is 3.99. The summed E-state index contributed by atoms with van der Waals surface area (Å²) >= 11 is 2.06. The fourth-order valence-corrected chi connectivity index (χ4v) is 3.30. The largest absolute Gasteiger partial charge is 0.393 e. The van der Waals surface area contributed by atoms with Crippen molar-refractivity contribution >= 4 is 11.8 Å². The van der Waals surface area contributed by atoms with E-state index in [0.29, 0.717) is 6.04 Å². The van der Waals surface area contributed by atoms with Gasteiger partial charge in [0.1, 0.15) is 0 Å². The highest BCUT2D eigenvalue weighted by atomic mass is 32.2. The maximum Gasteiger partial charge on any atom is 0.0517 e. The Morgan fingerprint density at radius 2 is 2.00 bits per heavy atom. The summed E-state index contributed by atoms with van der Waals surface area (Å²) in [7, 11) is 0. The monoisotopic (exact) mass is 231 g/mol. The Hall–Kier alpha value is 0.270. The van der Waals surface area contributed by atoms with Crippen LogP contribution in [0.1, 0.15) is 40.0 Å². The van der Waals surface area contributed by atoms with Crippen LogP contribution in [0.4, 0.5) is 0 Å². The number of hydrogen-bond acceptors (Lipinski definition) is 3. The van der Waals surface area contributed by atoms with E-state index in [9.17, 15) is 5.11 Å². The third-order valence-electron chi connectivity index (χ3n) is 2.94. The topological polar surface area (TPSA) is 32.3 Å². The van der Waals surface area contributed by atoms with Crippen LogP contribution in [0.15, 0.2) is 0 Å². The van der Waals surface area contributed by atoms with Gasteiger partial charge in [-0.3, -0.25) is 0 Å². The van der Waals surface area contributed by atoms with E-state index in [1.54, 1.807) is 0 Å². The third kappa shape index (κ3) is 5.79. The summed E-state index contributed by atoms with van der Waals surface area (Å²) in [6, 6.07) is 0.708. The van der Waals surface area contributed by atoms with E-state index in [0.717, 1.165) is 13.0 Å². The van der Waals surface area contributed by atoms with Gasteiger partial charge in [0, 0.05) is 12.6 Å². The van der Waals surface area contributed by atoms with Crippen molar-refractivity contribution in [2.75, 3.05) is 18.1 Å². The molecule has 0 amide bonds. The van der Waals surface area contributed by atoms with Gasteiger partial charge in [0.05, 0.1) is 6.10 Å². The maximum atomic E-state index is 9.39. The minimum absolute atomic E-state index is 0.191. The van der Waals surface area contributed by atoms with E-state index < -0.39 is 0 Å². The van der Waals surface area contributed by atoms with Crippen molar-refractivity contribution in [1.82, 2.24) is 5.32 Å². The molecule has 0 aromatic carbocycles. The van der Waals surface area contributed by atoms with Crippen LogP contribution in [0, 0.1) is 5.41 Å². The first-order valence-corrected chi connectivity index (χ1v) is 7.14. The van der Waals surface area contributed by atoms with Gasteiger partial charge in [-0.05, 0) is 43.1 Å². The summed E-state index contributed by atoms with van der Waals surface area (Å²) in [6.07, 6.45) is 3.29. The van der Waals surface area contributed by atoms with Crippen molar-refractivity contribution in [2.24, 2.45) is 5.41 Å². The maximum absolute atomic E-state index is 9.39. The molecule has 3 heteroatoms. The smallest absolute Gasteiger partial charge is 0.0517 e. The molecular weight excluding hydrogens is 206 g/mol. The number of thioether (sulfide) groups is 1. The van der Waals surface area contributed by atoms with Gasteiger partial charge in [-0.25, -0.2) is 0 Å². The van der Waals surface area contributed by atoms with Gasteiger partial charge in [-0.1, -0.05) is 13.8 Å². The predicted octanol–water partition coefficient (Wildman–Crippen LogP) is 2.27. The summed E-state index contributed by atoms with van der Waals surface area (Å²) in [4.78, 5) is 0. The van der Waals surface area contributed by atoms with Crippen molar-refractivity contribution in [1.29, 1.82) is 0 Å². The predicted molar refractivity (Wildman–Crippen MR) is 68.4 cm³/mol. The summed E-state index contributed by atoms with van der Waals surface area (Å²) in [5, 5.41) is 13.0. The minimum atomic E-state index is -0.191. The van der Waals surface area contributed by atoms with Crippen molar-refractivity contribution in [2.45, 2.75) is 52.2 Å². The molecule has 1 saturated heterocycles. The van der Waals surface area contributed by atoms with Gasteiger partial charge in [0.25, 0.3) is 0 Å². The van der Waals surface area contributed by atoms with E-state index >= 15 is 0 Å². The molecule has 1 atom stereocenters. The molecule has 0 aromatic heterocycles. The van der Waals surface area contributed by atoms with Crippen LogP contribution in [-0.2, 0) is 0 Å². The average molecular weight is 231 g/mol. The van der Waals surface area contributed by atoms with Crippen molar-refractivity contribution in [3.8, 4) is 0 Å². The first-order chi connectivity index (χ1) is 6.99. The van der Waals surface area contributed by atoms with Crippen molar-refractivity contribution in [3.63, 3.8) is 0 Å². The van der Waals surface area contributed by atoms with Crippen LogP contribution >= 0.6 is 11.8 Å². The Balaban J connectivity index is 2.21. The quantitative estimate of drug-likeness (QED) is 0.761. The number of nitrogens with one attached hydrogen (secondary N) is 1. The standard InChI is InChI=1S/C12H25NOS/c1-10(14)8-12(2,3)9-13-11-4-6-15-7-5-11/h10-11,13-14H,4-9H2,1-3H3. The number of hydrogen-bond donors (Lipinski definition) is 2. The normalized spacial score (nSPS) is 21.6. The molecule has 0 aromatic rings. The average Bonchev–Trinajstić information content (AvgIpc) is 2.15. The molecule has 1 fully saturated rings.